The van der Waals surface area contributed by atoms with Gasteiger partial charge in [0.15, 0.2) is 8.32 Å². The molecule has 0 spiro atoms. The molecule has 1 aromatic rings. The van der Waals surface area contributed by atoms with Crippen LogP contribution in [0.2, 0.25) is 18.1 Å². The molecule has 7 atom stereocenters. The number of aliphatic hydroxyl groups excluding tert-OH is 1. The van der Waals surface area contributed by atoms with Crippen LogP contribution in [0.1, 0.15) is 45.6 Å². The van der Waals surface area contributed by atoms with Crippen LogP contribution in [0, 0.1) is 36.0 Å². The number of piperidine rings is 1. The second-order valence-electron chi connectivity index (χ2n) is 12.9. The van der Waals surface area contributed by atoms with Crippen molar-refractivity contribution in [3.8, 4) is 12.3 Å². The van der Waals surface area contributed by atoms with E-state index in [1.165, 1.54) is 0 Å². The van der Waals surface area contributed by atoms with Crippen LogP contribution in [0.3, 0.4) is 0 Å². The van der Waals surface area contributed by atoms with Crippen LogP contribution >= 0.6 is 15.9 Å². The van der Waals surface area contributed by atoms with Crippen molar-refractivity contribution >= 4 is 34.3 Å². The molecule has 0 radical (unpaired) electrons. The third-order valence-electron chi connectivity index (χ3n) is 9.92. The molecular weight excluding hydrogens is 570 g/mol. The Morgan fingerprint density at radius 1 is 1.30 bits per heavy atom. The largest absolute Gasteiger partial charge is 0.416 e. The van der Waals surface area contributed by atoms with E-state index in [0.717, 1.165) is 12.0 Å². The van der Waals surface area contributed by atoms with E-state index in [9.17, 15) is 13.5 Å². The molecule has 4 rings (SSSR count). The van der Waals surface area contributed by atoms with E-state index in [-0.39, 0.29) is 33.2 Å². The molecular formula is C28H42BrNO5SSi. The number of alkyl halides is 1. The van der Waals surface area contributed by atoms with E-state index in [1.807, 2.05) is 19.1 Å². The van der Waals surface area contributed by atoms with Crippen molar-refractivity contribution < 1.29 is 22.7 Å². The average molecular weight is 613 g/mol. The van der Waals surface area contributed by atoms with Gasteiger partial charge in [0.05, 0.1) is 17.1 Å². The molecule has 4 bridgehead atoms. The number of hydrogen-bond donors (Lipinski definition) is 1. The van der Waals surface area contributed by atoms with E-state index in [2.05, 4.69) is 55.7 Å². The van der Waals surface area contributed by atoms with Crippen LogP contribution in [0.5, 0.6) is 0 Å². The number of benzene rings is 1. The summed E-state index contributed by atoms with van der Waals surface area (Å²) in [5, 5.41) is 11.7. The first kappa shape index (κ1) is 29.3. The zero-order valence-corrected chi connectivity index (χ0v) is 26.5. The molecule has 37 heavy (non-hydrogen) atoms. The Morgan fingerprint density at radius 2 is 1.92 bits per heavy atom. The molecule has 2 unspecified atom stereocenters. The zero-order valence-electron chi connectivity index (χ0n) is 23.1. The number of aliphatic hydroxyl groups is 1. The Balaban J connectivity index is 1.88. The van der Waals surface area contributed by atoms with Gasteiger partial charge in [0, 0.05) is 48.4 Å². The van der Waals surface area contributed by atoms with Crippen molar-refractivity contribution in [2.45, 2.75) is 93.1 Å². The number of aryl methyl sites for hydroxylation is 1. The van der Waals surface area contributed by atoms with Crippen molar-refractivity contribution in [1.82, 2.24) is 4.31 Å². The number of hydrogen-bond acceptors (Lipinski definition) is 5. The van der Waals surface area contributed by atoms with Gasteiger partial charge < -0.3 is 14.3 Å². The van der Waals surface area contributed by atoms with Gasteiger partial charge in [-0.3, -0.25) is 0 Å². The molecule has 206 valence electrons. The highest BCUT2D eigenvalue weighted by molar-refractivity contribution is 9.09. The second-order valence-corrected chi connectivity index (χ2v) is 20.8. The number of halogens is 1. The molecule has 0 aromatic heterocycles. The second kappa shape index (κ2) is 9.72. The summed E-state index contributed by atoms with van der Waals surface area (Å²) in [4.78, 5) is 0.122. The van der Waals surface area contributed by atoms with Crippen LogP contribution < -0.4 is 0 Å². The number of nitrogens with zero attached hydrogens (tertiary/aromatic N) is 1. The fourth-order valence-corrected chi connectivity index (χ4v) is 11.2. The van der Waals surface area contributed by atoms with Crippen LogP contribution in [-0.2, 0) is 19.2 Å². The van der Waals surface area contributed by atoms with E-state index in [1.54, 1.807) is 23.5 Å². The van der Waals surface area contributed by atoms with Crippen LogP contribution in [0.4, 0.5) is 0 Å². The molecule has 2 saturated carbocycles. The quantitative estimate of drug-likeness (QED) is 0.256. The van der Waals surface area contributed by atoms with Gasteiger partial charge in [-0.2, -0.15) is 4.31 Å². The van der Waals surface area contributed by atoms with Gasteiger partial charge in [0.25, 0.3) is 0 Å². The molecule has 0 amide bonds. The molecule has 1 heterocycles. The van der Waals surface area contributed by atoms with Gasteiger partial charge in [-0.1, -0.05) is 54.4 Å². The minimum Gasteiger partial charge on any atom is -0.416 e. The Morgan fingerprint density at radius 3 is 2.46 bits per heavy atom. The highest BCUT2D eigenvalue weighted by atomic mass is 79.9. The maximum absolute atomic E-state index is 14.3. The number of methoxy groups -OCH3 is 1. The minimum atomic E-state index is -3.87. The van der Waals surface area contributed by atoms with E-state index in [0.29, 0.717) is 19.6 Å². The summed E-state index contributed by atoms with van der Waals surface area (Å²) in [6, 6.07) is 6.51. The first-order valence-electron chi connectivity index (χ1n) is 13.1. The summed E-state index contributed by atoms with van der Waals surface area (Å²) in [5.74, 6) is 2.65. The van der Waals surface area contributed by atoms with Crippen molar-refractivity contribution in [3.63, 3.8) is 0 Å². The maximum atomic E-state index is 14.3. The minimum absolute atomic E-state index is 0.0110. The van der Waals surface area contributed by atoms with Crippen LogP contribution in [0.15, 0.2) is 29.2 Å². The highest BCUT2D eigenvalue weighted by Gasteiger charge is 2.78. The summed E-state index contributed by atoms with van der Waals surface area (Å²) in [7, 11) is -4.34. The third kappa shape index (κ3) is 4.39. The lowest BCUT2D eigenvalue weighted by Crippen LogP contribution is -2.65. The number of rotatable bonds is 8. The highest BCUT2D eigenvalue weighted by Crippen LogP contribution is 2.71. The Labute approximate surface area is 232 Å². The van der Waals surface area contributed by atoms with Gasteiger partial charge in [-0.05, 0) is 55.9 Å². The van der Waals surface area contributed by atoms with E-state index in [4.69, 9.17) is 15.6 Å². The molecule has 9 heteroatoms. The number of sulfonamides is 1. The number of terminal acetylenes is 1. The van der Waals surface area contributed by atoms with E-state index < -0.39 is 41.3 Å². The monoisotopic (exact) mass is 611 g/mol. The van der Waals surface area contributed by atoms with Gasteiger partial charge in [0.1, 0.15) is 0 Å². The van der Waals surface area contributed by atoms with Gasteiger partial charge in [0.2, 0.25) is 10.0 Å². The Hall–Kier alpha value is -0.733. The molecule has 1 N–H and O–H groups in total. The van der Waals surface area contributed by atoms with Crippen molar-refractivity contribution in [1.29, 1.82) is 0 Å². The van der Waals surface area contributed by atoms with Gasteiger partial charge in [-0.15, -0.1) is 12.3 Å². The summed E-state index contributed by atoms with van der Waals surface area (Å²) in [6.07, 6.45) is 5.97. The first-order valence-corrected chi connectivity index (χ1v) is 18.4. The van der Waals surface area contributed by atoms with Crippen LogP contribution in [0.25, 0.3) is 0 Å². The van der Waals surface area contributed by atoms with Crippen LogP contribution in [-0.4, -0.2) is 69.5 Å². The van der Waals surface area contributed by atoms with Crippen molar-refractivity contribution in [2.24, 2.45) is 16.7 Å². The molecule has 1 aliphatic heterocycles. The Kier molecular flexibility index (Phi) is 7.69. The predicted molar refractivity (Wildman–Crippen MR) is 153 cm³/mol. The first-order chi connectivity index (χ1) is 17.1. The zero-order chi connectivity index (χ0) is 27.6. The fraction of sp³-hybridized carbons (Fsp3) is 0.714. The topological polar surface area (TPSA) is 76.1 Å². The summed E-state index contributed by atoms with van der Waals surface area (Å²) >= 11 is 3.87. The molecule has 2 aliphatic carbocycles. The normalized spacial score (nSPS) is 34.9. The molecule has 3 aliphatic rings. The SMILES string of the molecule is C#CCC(O)[C@@]12C3[C@@H](Br)C[C@@H]1[C@@](CO[Si](C)(C)C(C)(C)C)(C[C@@H]2OC)CN3S(=O)(=O)c1ccc(C)cc1. The standard InChI is InChI=1S/C28H42BrNO5SSi/c1-9-10-23(31)28-22-15-21(29)25(28)30(36(32,33)20-13-11-19(2)12-14-20)17-27(22,16-24(28)34-6)18-35-37(7,8)26(3,4)5/h1,11-14,21-25,31H,10,15-18H2,2-8H3/t21-,22+,23?,24-,25?,27-,28-/m0/s1. The summed E-state index contributed by atoms with van der Waals surface area (Å²) in [6.45, 7) is 13.8. The lowest BCUT2D eigenvalue weighted by molar-refractivity contribution is -0.126. The molecule has 6 nitrogen and oxygen atoms in total. The maximum Gasteiger partial charge on any atom is 0.243 e. The van der Waals surface area contributed by atoms with E-state index >= 15 is 0 Å². The summed E-state index contributed by atoms with van der Waals surface area (Å²) in [5.41, 5.74) is -0.332. The predicted octanol–water partition coefficient (Wildman–Crippen LogP) is 4.95. The lowest BCUT2D eigenvalue weighted by atomic mass is 9.63. The smallest absolute Gasteiger partial charge is 0.243 e. The summed E-state index contributed by atoms with van der Waals surface area (Å²) < 4.78 is 43.2. The number of ether oxygens (including phenoxy) is 1. The fourth-order valence-electron chi connectivity index (χ4n) is 7.02. The average Bonchev–Trinajstić information content (AvgIpc) is 3.14. The molecule has 3 fully saturated rings. The van der Waals surface area contributed by atoms with Crippen molar-refractivity contribution in [3.05, 3.63) is 29.8 Å². The molecule has 1 aromatic carbocycles. The lowest BCUT2D eigenvalue weighted by Gasteiger charge is -2.54. The van der Waals surface area contributed by atoms with Gasteiger partial charge >= 0.3 is 0 Å². The van der Waals surface area contributed by atoms with Crippen molar-refractivity contribution in [2.75, 3.05) is 20.3 Å². The van der Waals surface area contributed by atoms with Gasteiger partial charge in [-0.25, -0.2) is 8.42 Å². The Bertz CT molecular complexity index is 1160. The molecule has 1 saturated heterocycles. The third-order valence-corrected chi connectivity index (χ3v) is 17.1.